The van der Waals surface area contributed by atoms with Crippen LogP contribution in [-0.4, -0.2) is 69.8 Å². The molecule has 2 atom stereocenters. The fraction of sp³-hybridized carbons (Fsp3) is 0.800. The molecule has 2 amide bonds. The molecule has 0 aliphatic heterocycles. The first kappa shape index (κ1) is 38.2. The summed E-state index contributed by atoms with van der Waals surface area (Å²) in [4.78, 5) is 54.6. The largest absolute Gasteiger partial charge is 0.490 e. The fourth-order valence-corrected chi connectivity index (χ4v) is 3.35. The van der Waals surface area contributed by atoms with Gasteiger partial charge >= 0.3 is 24.1 Å². The van der Waals surface area contributed by atoms with Crippen molar-refractivity contribution in [2.45, 2.75) is 121 Å². The number of carbonyl (C=O) groups is 5. The third kappa shape index (κ3) is 25.2. The third-order valence-electron chi connectivity index (χ3n) is 5.61. The van der Waals surface area contributed by atoms with Crippen molar-refractivity contribution in [3.63, 3.8) is 0 Å². The molecule has 7 N–H and O–H groups in total. The van der Waals surface area contributed by atoms with E-state index in [-0.39, 0.29) is 31.6 Å². The predicted octanol–water partition coefficient (Wildman–Crippen LogP) is 3.59. The molecule has 0 aromatic heterocycles. The van der Waals surface area contributed by atoms with Crippen LogP contribution >= 0.6 is 0 Å². The van der Waals surface area contributed by atoms with Crippen LogP contribution in [0.2, 0.25) is 0 Å². The number of aliphatic carboxylic acids is 3. The van der Waals surface area contributed by atoms with E-state index in [1.165, 1.54) is 38.5 Å². The molecule has 0 spiro atoms. The second kappa shape index (κ2) is 23.0. The third-order valence-corrected chi connectivity index (χ3v) is 5.61. The molecular weight excluding hydrogens is 527 g/mol. The molecule has 0 heterocycles. The van der Waals surface area contributed by atoms with Gasteiger partial charge in [0.15, 0.2) is 0 Å². The molecule has 0 aliphatic carbocycles. The maximum Gasteiger partial charge on any atom is 0.490 e. The standard InChI is InChI=1S/C23H43N3O6.C2HF3O2/c1-2-3-4-5-6-7-8-9-10-15-20(27)25-17-12-16-21(28)26-19(23(31)32)14-11-13-18(24)22(29)30;3-2(4,5)1(6)7/h18-19H,2-17,24H2,1H3,(H,25,27)(H,26,28)(H,29,30)(H,31,32);(H,6,7). The zero-order valence-electron chi connectivity index (χ0n) is 22.6. The molecule has 39 heavy (non-hydrogen) atoms. The topological polar surface area (TPSA) is 196 Å². The van der Waals surface area contributed by atoms with Gasteiger partial charge in [-0.3, -0.25) is 14.4 Å². The van der Waals surface area contributed by atoms with Crippen LogP contribution in [0, 0.1) is 0 Å². The molecule has 0 saturated heterocycles. The van der Waals surface area contributed by atoms with Gasteiger partial charge in [-0.25, -0.2) is 9.59 Å². The molecule has 0 aromatic carbocycles. The fourth-order valence-electron chi connectivity index (χ4n) is 3.35. The van der Waals surface area contributed by atoms with Gasteiger partial charge < -0.3 is 31.7 Å². The highest BCUT2D eigenvalue weighted by molar-refractivity contribution is 5.83. The van der Waals surface area contributed by atoms with Gasteiger partial charge in [0.25, 0.3) is 0 Å². The summed E-state index contributed by atoms with van der Waals surface area (Å²) in [5.41, 5.74) is 5.39. The van der Waals surface area contributed by atoms with Crippen LogP contribution in [0.4, 0.5) is 13.2 Å². The van der Waals surface area contributed by atoms with Crippen molar-refractivity contribution in [1.29, 1.82) is 0 Å². The van der Waals surface area contributed by atoms with Gasteiger partial charge in [-0.2, -0.15) is 13.2 Å². The Bertz CT molecular complexity index is 736. The number of nitrogens with two attached hydrogens (primary N) is 1. The summed E-state index contributed by atoms with van der Waals surface area (Å²) in [5.74, 6) is -5.50. The highest BCUT2D eigenvalue weighted by Gasteiger charge is 2.38. The van der Waals surface area contributed by atoms with E-state index in [4.69, 9.17) is 20.7 Å². The van der Waals surface area contributed by atoms with Gasteiger partial charge in [-0.15, -0.1) is 0 Å². The zero-order chi connectivity index (χ0) is 30.3. The average Bonchev–Trinajstić information content (AvgIpc) is 2.84. The Balaban J connectivity index is 0. The van der Waals surface area contributed by atoms with E-state index < -0.39 is 42.1 Å². The molecule has 0 rings (SSSR count). The minimum Gasteiger partial charge on any atom is -0.480 e. The number of unbranched alkanes of at least 4 members (excludes halogenated alkanes) is 8. The van der Waals surface area contributed by atoms with Crippen molar-refractivity contribution >= 4 is 29.7 Å². The van der Waals surface area contributed by atoms with E-state index in [0.717, 1.165) is 19.3 Å². The van der Waals surface area contributed by atoms with Crippen LogP contribution < -0.4 is 16.4 Å². The lowest BCUT2D eigenvalue weighted by atomic mass is 10.1. The van der Waals surface area contributed by atoms with Crippen LogP contribution in [-0.2, 0) is 24.0 Å². The summed E-state index contributed by atoms with van der Waals surface area (Å²) >= 11 is 0. The lowest BCUT2D eigenvalue weighted by Gasteiger charge is -2.15. The Morgan fingerprint density at radius 3 is 1.67 bits per heavy atom. The Labute approximate surface area is 227 Å². The zero-order valence-corrected chi connectivity index (χ0v) is 22.6. The van der Waals surface area contributed by atoms with Gasteiger partial charge in [-0.1, -0.05) is 58.3 Å². The van der Waals surface area contributed by atoms with Crippen LogP contribution in [0.25, 0.3) is 0 Å². The number of hydrogen-bond acceptors (Lipinski definition) is 6. The van der Waals surface area contributed by atoms with Crippen molar-refractivity contribution in [3.8, 4) is 0 Å². The normalized spacial score (nSPS) is 12.4. The second-order valence-corrected chi connectivity index (χ2v) is 9.17. The Hall–Kier alpha value is -2.90. The van der Waals surface area contributed by atoms with Gasteiger partial charge in [-0.05, 0) is 32.1 Å². The maximum absolute atomic E-state index is 12.0. The average molecular weight is 572 g/mol. The van der Waals surface area contributed by atoms with Crippen LogP contribution in [0.1, 0.15) is 103 Å². The van der Waals surface area contributed by atoms with E-state index in [9.17, 15) is 37.5 Å². The predicted molar refractivity (Wildman–Crippen MR) is 137 cm³/mol. The summed E-state index contributed by atoms with van der Waals surface area (Å²) in [6.45, 7) is 2.58. The van der Waals surface area contributed by atoms with Gasteiger partial charge in [0.2, 0.25) is 11.8 Å². The molecule has 11 nitrogen and oxygen atoms in total. The van der Waals surface area contributed by atoms with Gasteiger partial charge in [0, 0.05) is 19.4 Å². The monoisotopic (exact) mass is 571 g/mol. The summed E-state index contributed by atoms with van der Waals surface area (Å²) in [6.07, 6.45) is 7.22. The smallest absolute Gasteiger partial charge is 0.480 e. The number of nitrogens with one attached hydrogen (secondary N) is 2. The number of halogens is 3. The van der Waals surface area contributed by atoms with Gasteiger partial charge in [0.05, 0.1) is 0 Å². The Morgan fingerprint density at radius 1 is 0.718 bits per heavy atom. The lowest BCUT2D eigenvalue weighted by Crippen LogP contribution is -2.41. The second-order valence-electron chi connectivity index (χ2n) is 9.17. The van der Waals surface area contributed by atoms with Gasteiger partial charge in [0.1, 0.15) is 12.1 Å². The number of amides is 2. The summed E-state index contributed by atoms with van der Waals surface area (Å²) in [6, 6.07) is -2.12. The van der Waals surface area contributed by atoms with Crippen LogP contribution in [0.3, 0.4) is 0 Å². The molecule has 2 unspecified atom stereocenters. The molecule has 0 radical (unpaired) electrons. The Kier molecular flexibility index (Phi) is 22.6. The minimum absolute atomic E-state index is 0.0217. The first-order chi connectivity index (χ1) is 18.2. The molecule has 14 heteroatoms. The van der Waals surface area contributed by atoms with E-state index in [1.807, 2.05) is 0 Å². The summed E-state index contributed by atoms with van der Waals surface area (Å²) in [7, 11) is 0. The van der Waals surface area contributed by atoms with E-state index in [1.54, 1.807) is 0 Å². The molecule has 0 aliphatic rings. The SMILES string of the molecule is CCCCCCCCCCCC(=O)NCCCC(=O)NC(CCCC(N)C(=O)O)C(=O)O.O=C(O)C(F)(F)F. The van der Waals surface area contributed by atoms with Crippen molar-refractivity contribution in [3.05, 3.63) is 0 Å². The number of carboxylic acid groups (broad SMARTS) is 3. The maximum atomic E-state index is 12.0. The number of alkyl halides is 3. The first-order valence-electron chi connectivity index (χ1n) is 13.3. The van der Waals surface area contributed by atoms with E-state index in [2.05, 4.69) is 17.6 Å². The number of hydrogen-bond donors (Lipinski definition) is 6. The van der Waals surface area contributed by atoms with Crippen molar-refractivity contribution in [1.82, 2.24) is 10.6 Å². The first-order valence-corrected chi connectivity index (χ1v) is 13.3. The summed E-state index contributed by atoms with van der Waals surface area (Å²) < 4.78 is 31.7. The van der Waals surface area contributed by atoms with Crippen LogP contribution in [0.15, 0.2) is 0 Å². The molecular formula is C25H44F3N3O8. The minimum atomic E-state index is -5.08. The quantitative estimate of drug-likeness (QED) is 0.112. The molecule has 0 aromatic rings. The van der Waals surface area contributed by atoms with Crippen molar-refractivity contribution in [2.24, 2.45) is 5.73 Å². The molecule has 228 valence electrons. The number of rotatable bonds is 21. The Morgan fingerprint density at radius 2 is 1.21 bits per heavy atom. The summed E-state index contributed by atoms with van der Waals surface area (Å²) in [5, 5.41) is 30.3. The van der Waals surface area contributed by atoms with Crippen LogP contribution in [0.5, 0.6) is 0 Å². The number of carboxylic acids is 3. The molecule has 0 fully saturated rings. The molecule has 0 bridgehead atoms. The highest BCUT2D eigenvalue weighted by Crippen LogP contribution is 2.13. The van der Waals surface area contributed by atoms with Crippen molar-refractivity contribution < 1.29 is 52.5 Å². The van der Waals surface area contributed by atoms with E-state index >= 15 is 0 Å². The molecule has 0 saturated carbocycles. The highest BCUT2D eigenvalue weighted by atomic mass is 19.4. The number of carbonyl (C=O) groups excluding carboxylic acids is 2. The van der Waals surface area contributed by atoms with Crippen molar-refractivity contribution in [2.75, 3.05) is 6.54 Å². The van der Waals surface area contributed by atoms with E-state index in [0.29, 0.717) is 19.4 Å². The lowest BCUT2D eigenvalue weighted by molar-refractivity contribution is -0.192.